The van der Waals surface area contributed by atoms with Gasteiger partial charge >= 0.3 is 0 Å². The number of thiazole rings is 1. The van der Waals surface area contributed by atoms with Crippen molar-refractivity contribution in [3.05, 3.63) is 70.3 Å². The largest absolute Gasteiger partial charge is 0.418 e. The molecule has 3 aromatic heterocycles. The van der Waals surface area contributed by atoms with E-state index >= 15 is 0 Å². The minimum atomic E-state index is -0.257. The number of rotatable bonds is 4. The van der Waals surface area contributed by atoms with Crippen molar-refractivity contribution in [2.75, 3.05) is 0 Å². The molecule has 0 aliphatic rings. The van der Waals surface area contributed by atoms with E-state index in [-0.39, 0.29) is 16.9 Å². The van der Waals surface area contributed by atoms with E-state index in [4.69, 9.17) is 8.81 Å². The third-order valence-electron chi connectivity index (χ3n) is 4.42. The van der Waals surface area contributed by atoms with Gasteiger partial charge in [-0.2, -0.15) is 5.21 Å². The number of hydrogen-bond donors (Lipinski definition) is 1. The van der Waals surface area contributed by atoms with Crippen molar-refractivity contribution >= 4 is 32.6 Å². The predicted octanol–water partition coefficient (Wildman–Crippen LogP) is 3.96. The van der Waals surface area contributed by atoms with Crippen LogP contribution >= 0.6 is 27.6 Å². The summed E-state index contributed by atoms with van der Waals surface area (Å²) in [5, 5.41) is 16.0. The van der Waals surface area contributed by atoms with Crippen molar-refractivity contribution in [1.29, 1.82) is 0 Å². The second-order valence-electron chi connectivity index (χ2n) is 6.08. The lowest BCUT2D eigenvalue weighted by Gasteiger charge is -2.08. The van der Waals surface area contributed by atoms with Gasteiger partial charge in [0.25, 0.3) is 5.56 Å². The maximum absolute atomic E-state index is 13.6. The lowest BCUT2D eigenvalue weighted by Crippen LogP contribution is -2.19. The highest BCUT2D eigenvalue weighted by molar-refractivity contribution is 9.06. The average Bonchev–Trinajstić information content (AvgIpc) is 3.44. The number of aromatic amines is 1. The fourth-order valence-electron chi connectivity index (χ4n) is 3.10. The highest BCUT2D eigenvalue weighted by atomic mass is 79.9. The molecule has 0 aliphatic heterocycles. The van der Waals surface area contributed by atoms with Gasteiger partial charge in [0.15, 0.2) is 21.2 Å². The first-order chi connectivity index (χ1) is 14.3. The number of benzene rings is 2. The summed E-state index contributed by atoms with van der Waals surface area (Å²) in [6.07, 6.45) is 0. The van der Waals surface area contributed by atoms with Crippen LogP contribution in [0, 0.1) is 0 Å². The van der Waals surface area contributed by atoms with Crippen molar-refractivity contribution in [3.63, 3.8) is 0 Å². The first kappa shape index (κ1) is 17.7. The van der Waals surface area contributed by atoms with Crippen molar-refractivity contribution in [1.82, 2.24) is 30.0 Å². The number of fused-ring (bicyclic) bond motifs is 1. The molecule has 0 unspecified atom stereocenters. The van der Waals surface area contributed by atoms with E-state index in [1.807, 2.05) is 47.8 Å². The summed E-state index contributed by atoms with van der Waals surface area (Å²) in [5.74, 6) is 0.827. The molecule has 0 atom stereocenters. The van der Waals surface area contributed by atoms with E-state index in [0.29, 0.717) is 16.4 Å². The molecule has 0 saturated carbocycles. The normalized spacial score (nSPS) is 11.1. The van der Waals surface area contributed by atoms with E-state index < -0.39 is 0 Å². The maximum atomic E-state index is 13.6. The molecule has 0 bridgehead atoms. The zero-order valence-electron chi connectivity index (χ0n) is 14.6. The number of halogens is 1. The Morgan fingerprint density at radius 2 is 1.83 bits per heavy atom. The zero-order valence-corrected chi connectivity index (χ0v) is 17.0. The lowest BCUT2D eigenvalue weighted by molar-refractivity contribution is 0.678. The third-order valence-corrected chi connectivity index (χ3v) is 5.62. The van der Waals surface area contributed by atoms with Crippen LogP contribution in [-0.2, 0) is 0 Å². The standard InChI is InChI=1S/C19H11BrN6O2S/c20-28-13-8-6-12(7-9-13)16-15(17-22-24-25-23-17)18(27)26-14(10-29-19(26)21-16)11-4-2-1-3-5-11/h1-10H,(H,22,23,24,25). The summed E-state index contributed by atoms with van der Waals surface area (Å²) >= 11 is 4.35. The van der Waals surface area contributed by atoms with Crippen molar-refractivity contribution in [3.8, 4) is 39.7 Å². The Bertz CT molecular complexity index is 1350. The molecular formula is C19H11BrN6O2S. The molecule has 0 aliphatic carbocycles. The number of nitrogens with zero attached hydrogens (tertiary/aromatic N) is 5. The van der Waals surface area contributed by atoms with Gasteiger partial charge < -0.3 is 3.83 Å². The average molecular weight is 467 g/mol. The van der Waals surface area contributed by atoms with Crippen molar-refractivity contribution in [2.24, 2.45) is 0 Å². The number of nitrogens with one attached hydrogen (secondary N) is 1. The molecule has 3 heterocycles. The van der Waals surface area contributed by atoms with Gasteiger partial charge in [0.1, 0.15) is 11.3 Å². The van der Waals surface area contributed by atoms with Crippen LogP contribution in [0.5, 0.6) is 5.75 Å². The van der Waals surface area contributed by atoms with Crippen LogP contribution in [0.4, 0.5) is 0 Å². The fourth-order valence-corrected chi connectivity index (χ4v) is 4.21. The molecule has 0 fully saturated rings. The molecule has 0 spiro atoms. The van der Waals surface area contributed by atoms with Gasteiger partial charge in [-0.1, -0.05) is 30.3 Å². The van der Waals surface area contributed by atoms with Crippen LogP contribution in [0.15, 0.2) is 64.8 Å². The minimum Gasteiger partial charge on any atom is -0.418 e. The van der Waals surface area contributed by atoms with E-state index in [1.165, 1.54) is 11.3 Å². The number of H-pyrrole nitrogens is 1. The summed E-state index contributed by atoms with van der Waals surface area (Å²) in [6.45, 7) is 0. The molecule has 8 nitrogen and oxygen atoms in total. The quantitative estimate of drug-likeness (QED) is 0.430. The molecular weight excluding hydrogens is 456 g/mol. The molecule has 2 aromatic carbocycles. The molecule has 5 rings (SSSR count). The molecule has 0 amide bonds. The van der Waals surface area contributed by atoms with E-state index in [9.17, 15) is 4.79 Å². The summed E-state index contributed by atoms with van der Waals surface area (Å²) in [6, 6.07) is 16.9. The monoisotopic (exact) mass is 466 g/mol. The van der Waals surface area contributed by atoms with Gasteiger partial charge in [0.2, 0.25) is 5.82 Å². The summed E-state index contributed by atoms with van der Waals surface area (Å²) in [7, 11) is 0. The van der Waals surface area contributed by atoms with Crippen molar-refractivity contribution < 1.29 is 3.83 Å². The Labute approximate surface area is 176 Å². The first-order valence-corrected chi connectivity index (χ1v) is 10.0. The SMILES string of the molecule is O=c1c(-c2nn[nH]n2)c(-c2ccc(OBr)cc2)nc2scc(-c3ccccc3)n12. The molecule has 29 heavy (non-hydrogen) atoms. The first-order valence-electron chi connectivity index (χ1n) is 8.49. The van der Waals surface area contributed by atoms with Gasteiger partial charge in [-0.3, -0.25) is 9.20 Å². The Balaban J connectivity index is 1.82. The number of hydrogen-bond acceptors (Lipinski definition) is 7. The van der Waals surface area contributed by atoms with Crippen LogP contribution in [0.2, 0.25) is 0 Å². The van der Waals surface area contributed by atoms with Gasteiger partial charge in [-0.15, -0.1) is 21.5 Å². The Morgan fingerprint density at radius 1 is 1.03 bits per heavy atom. The number of tetrazole rings is 1. The molecule has 0 radical (unpaired) electrons. The van der Waals surface area contributed by atoms with Gasteiger partial charge in [-0.25, -0.2) is 4.98 Å². The summed E-state index contributed by atoms with van der Waals surface area (Å²) in [5.41, 5.74) is 2.94. The van der Waals surface area contributed by atoms with E-state index in [0.717, 1.165) is 16.8 Å². The molecule has 0 saturated heterocycles. The maximum Gasteiger partial charge on any atom is 0.270 e. The van der Waals surface area contributed by atoms with E-state index in [1.54, 1.807) is 16.5 Å². The predicted molar refractivity (Wildman–Crippen MR) is 113 cm³/mol. The van der Waals surface area contributed by atoms with Crippen LogP contribution < -0.4 is 9.39 Å². The Hall–Kier alpha value is -3.37. The third kappa shape index (κ3) is 3.02. The number of aromatic nitrogens is 6. The van der Waals surface area contributed by atoms with Crippen LogP contribution in [0.1, 0.15) is 0 Å². The molecule has 10 heteroatoms. The Morgan fingerprint density at radius 3 is 2.52 bits per heavy atom. The van der Waals surface area contributed by atoms with Gasteiger partial charge in [-0.05, 0) is 35.0 Å². The van der Waals surface area contributed by atoms with Gasteiger partial charge in [0.05, 0.1) is 11.4 Å². The topological polar surface area (TPSA) is 98.1 Å². The van der Waals surface area contributed by atoms with Crippen LogP contribution in [0.25, 0.3) is 38.9 Å². The highest BCUT2D eigenvalue weighted by Gasteiger charge is 2.22. The Kier molecular flexibility index (Phi) is 4.41. The fraction of sp³-hybridized carbons (Fsp3) is 0. The van der Waals surface area contributed by atoms with E-state index in [2.05, 4.69) is 36.9 Å². The second-order valence-corrected chi connectivity index (χ2v) is 7.24. The van der Waals surface area contributed by atoms with Crippen LogP contribution in [0.3, 0.4) is 0 Å². The lowest BCUT2D eigenvalue weighted by atomic mass is 10.1. The smallest absolute Gasteiger partial charge is 0.270 e. The molecule has 5 aromatic rings. The van der Waals surface area contributed by atoms with Crippen LogP contribution in [-0.4, -0.2) is 30.0 Å². The summed E-state index contributed by atoms with van der Waals surface area (Å²) < 4.78 is 6.63. The molecule has 142 valence electrons. The van der Waals surface area contributed by atoms with Gasteiger partial charge in [0, 0.05) is 10.9 Å². The zero-order chi connectivity index (χ0) is 19.8. The van der Waals surface area contributed by atoms with Crippen molar-refractivity contribution in [2.45, 2.75) is 0 Å². The second kappa shape index (κ2) is 7.22. The highest BCUT2D eigenvalue weighted by Crippen LogP contribution is 2.31. The molecule has 1 N–H and O–H groups in total. The summed E-state index contributed by atoms with van der Waals surface area (Å²) in [4.78, 5) is 18.9. The minimum absolute atomic E-state index is 0.193.